The predicted octanol–water partition coefficient (Wildman–Crippen LogP) is 6.15. The summed E-state index contributed by atoms with van der Waals surface area (Å²) in [4.78, 5) is 12.2. The van der Waals surface area contributed by atoms with Gasteiger partial charge in [0.1, 0.15) is 5.75 Å². The fourth-order valence-corrected chi connectivity index (χ4v) is 3.25. The van der Waals surface area contributed by atoms with E-state index in [2.05, 4.69) is 41.8 Å². The quantitative estimate of drug-likeness (QED) is 0.457. The number of carbonyl (C=O) groups is 1. The second kappa shape index (κ2) is 10.2. The average Bonchev–Trinajstić information content (AvgIpc) is 2.74. The second-order valence-electron chi connectivity index (χ2n) is 7.30. The van der Waals surface area contributed by atoms with Crippen molar-refractivity contribution < 1.29 is 9.53 Å². The molecule has 0 aliphatic rings. The molecule has 0 radical (unpaired) electrons. The van der Waals surface area contributed by atoms with Gasteiger partial charge in [-0.25, -0.2) is 0 Å². The van der Waals surface area contributed by atoms with E-state index in [0.717, 1.165) is 28.9 Å². The van der Waals surface area contributed by atoms with Crippen molar-refractivity contribution in [1.82, 2.24) is 0 Å². The summed E-state index contributed by atoms with van der Waals surface area (Å²) in [5, 5.41) is 6.70. The maximum absolute atomic E-state index is 12.2. The Kier molecular flexibility index (Phi) is 7.36. The summed E-state index contributed by atoms with van der Waals surface area (Å²) in [5.41, 5.74) is 6.47. The molecule has 3 aromatic carbocycles. The SMILES string of the molecule is CCc1ccc(NCc2ccc(OCC(=O)Nc3ccc(C)c(C)c3)c(Cl)c2)cc1. The first-order valence-electron chi connectivity index (χ1n) is 10.1. The molecule has 2 N–H and O–H groups in total. The minimum absolute atomic E-state index is 0.103. The lowest BCUT2D eigenvalue weighted by Gasteiger charge is -2.12. The molecular formula is C25H27ClN2O2. The first-order chi connectivity index (χ1) is 14.4. The van der Waals surface area contributed by atoms with Gasteiger partial charge < -0.3 is 15.4 Å². The zero-order valence-corrected chi connectivity index (χ0v) is 18.3. The molecule has 4 nitrogen and oxygen atoms in total. The highest BCUT2D eigenvalue weighted by Gasteiger charge is 2.08. The molecule has 0 spiro atoms. The van der Waals surface area contributed by atoms with Crippen molar-refractivity contribution in [2.45, 2.75) is 33.7 Å². The smallest absolute Gasteiger partial charge is 0.262 e. The van der Waals surface area contributed by atoms with Crippen molar-refractivity contribution in [2.24, 2.45) is 0 Å². The molecule has 0 heterocycles. The third kappa shape index (κ3) is 6.01. The monoisotopic (exact) mass is 422 g/mol. The molecule has 0 fully saturated rings. The first-order valence-corrected chi connectivity index (χ1v) is 10.4. The Labute approximate surface area is 183 Å². The summed E-state index contributed by atoms with van der Waals surface area (Å²) >= 11 is 6.35. The molecule has 0 unspecified atom stereocenters. The molecule has 156 valence electrons. The van der Waals surface area contributed by atoms with E-state index in [4.69, 9.17) is 16.3 Å². The zero-order valence-electron chi connectivity index (χ0n) is 17.6. The fourth-order valence-electron chi connectivity index (χ4n) is 2.99. The lowest BCUT2D eigenvalue weighted by atomic mass is 10.1. The fraction of sp³-hybridized carbons (Fsp3) is 0.240. The molecule has 5 heteroatoms. The van der Waals surface area contributed by atoms with Gasteiger partial charge in [0, 0.05) is 17.9 Å². The van der Waals surface area contributed by atoms with Crippen LogP contribution in [0.25, 0.3) is 0 Å². The molecule has 1 amide bonds. The number of halogens is 1. The van der Waals surface area contributed by atoms with Crippen LogP contribution in [0.5, 0.6) is 5.75 Å². The molecule has 0 saturated carbocycles. The predicted molar refractivity (Wildman–Crippen MR) is 125 cm³/mol. The number of ether oxygens (including phenoxy) is 1. The van der Waals surface area contributed by atoms with Crippen LogP contribution in [0.15, 0.2) is 60.7 Å². The average molecular weight is 423 g/mol. The van der Waals surface area contributed by atoms with Crippen molar-refractivity contribution in [3.05, 3.63) is 87.9 Å². The minimum atomic E-state index is -0.226. The van der Waals surface area contributed by atoms with Gasteiger partial charge in [0.2, 0.25) is 0 Å². The van der Waals surface area contributed by atoms with Crippen LogP contribution in [-0.2, 0) is 17.8 Å². The van der Waals surface area contributed by atoms with Crippen LogP contribution in [0.2, 0.25) is 5.02 Å². The van der Waals surface area contributed by atoms with Gasteiger partial charge in [-0.05, 0) is 78.9 Å². The lowest BCUT2D eigenvalue weighted by molar-refractivity contribution is -0.118. The van der Waals surface area contributed by atoms with E-state index in [1.165, 1.54) is 11.1 Å². The Morgan fingerprint density at radius 1 is 0.900 bits per heavy atom. The molecule has 0 saturated heterocycles. The van der Waals surface area contributed by atoms with Crippen molar-refractivity contribution in [1.29, 1.82) is 0 Å². The number of aryl methyl sites for hydroxylation is 3. The Morgan fingerprint density at radius 3 is 2.27 bits per heavy atom. The van der Waals surface area contributed by atoms with E-state index in [9.17, 15) is 4.79 Å². The Bertz CT molecular complexity index is 1020. The number of hydrogen-bond donors (Lipinski definition) is 2. The van der Waals surface area contributed by atoms with Crippen LogP contribution < -0.4 is 15.4 Å². The third-order valence-electron chi connectivity index (χ3n) is 5.00. The maximum Gasteiger partial charge on any atom is 0.262 e. The van der Waals surface area contributed by atoms with Gasteiger partial charge in [-0.2, -0.15) is 0 Å². The second-order valence-corrected chi connectivity index (χ2v) is 7.71. The molecule has 3 rings (SSSR count). The highest BCUT2D eigenvalue weighted by Crippen LogP contribution is 2.26. The molecule has 0 bridgehead atoms. The van der Waals surface area contributed by atoms with Gasteiger partial charge in [0.25, 0.3) is 5.91 Å². The van der Waals surface area contributed by atoms with Crippen LogP contribution in [-0.4, -0.2) is 12.5 Å². The van der Waals surface area contributed by atoms with Crippen LogP contribution in [0.1, 0.15) is 29.2 Å². The summed E-state index contributed by atoms with van der Waals surface area (Å²) in [6, 6.07) is 19.8. The van der Waals surface area contributed by atoms with E-state index in [1.807, 2.05) is 44.2 Å². The normalized spacial score (nSPS) is 10.5. The minimum Gasteiger partial charge on any atom is -0.482 e. The summed E-state index contributed by atoms with van der Waals surface area (Å²) in [6.07, 6.45) is 1.03. The van der Waals surface area contributed by atoms with Crippen molar-refractivity contribution in [2.75, 3.05) is 17.2 Å². The number of nitrogens with one attached hydrogen (secondary N) is 2. The zero-order chi connectivity index (χ0) is 21.5. The lowest BCUT2D eigenvalue weighted by Crippen LogP contribution is -2.20. The molecular weight excluding hydrogens is 396 g/mol. The molecule has 0 aliphatic carbocycles. The Hall–Kier alpha value is -2.98. The van der Waals surface area contributed by atoms with Crippen LogP contribution in [0.3, 0.4) is 0 Å². The number of hydrogen-bond acceptors (Lipinski definition) is 3. The van der Waals surface area contributed by atoms with Crippen LogP contribution in [0.4, 0.5) is 11.4 Å². The molecule has 0 aromatic heterocycles. The summed E-state index contributed by atoms with van der Waals surface area (Å²) in [5.74, 6) is 0.263. The number of benzene rings is 3. The molecule has 30 heavy (non-hydrogen) atoms. The highest BCUT2D eigenvalue weighted by atomic mass is 35.5. The summed E-state index contributed by atoms with van der Waals surface area (Å²) < 4.78 is 5.60. The summed E-state index contributed by atoms with van der Waals surface area (Å²) in [6.45, 7) is 6.74. The number of rotatable bonds is 8. The van der Waals surface area contributed by atoms with Gasteiger partial charge in [0.15, 0.2) is 6.61 Å². The van der Waals surface area contributed by atoms with Gasteiger partial charge in [-0.15, -0.1) is 0 Å². The standard InChI is InChI=1S/C25H27ClN2O2/c1-4-19-6-10-21(11-7-19)27-15-20-8-12-24(23(26)14-20)30-16-25(29)28-22-9-5-17(2)18(3)13-22/h5-14,27H,4,15-16H2,1-3H3,(H,28,29). The van der Waals surface area contributed by atoms with E-state index >= 15 is 0 Å². The van der Waals surface area contributed by atoms with E-state index in [0.29, 0.717) is 17.3 Å². The van der Waals surface area contributed by atoms with E-state index < -0.39 is 0 Å². The van der Waals surface area contributed by atoms with Crippen molar-refractivity contribution in [3.63, 3.8) is 0 Å². The number of amides is 1. The summed E-state index contributed by atoms with van der Waals surface area (Å²) in [7, 11) is 0. The topological polar surface area (TPSA) is 50.4 Å². The third-order valence-corrected chi connectivity index (χ3v) is 5.30. The van der Waals surface area contributed by atoms with Crippen molar-refractivity contribution in [3.8, 4) is 5.75 Å². The number of anilines is 2. The largest absolute Gasteiger partial charge is 0.482 e. The van der Waals surface area contributed by atoms with E-state index in [-0.39, 0.29) is 12.5 Å². The first kappa shape index (κ1) is 21.7. The van der Waals surface area contributed by atoms with Gasteiger partial charge in [0.05, 0.1) is 5.02 Å². The highest BCUT2D eigenvalue weighted by molar-refractivity contribution is 6.32. The van der Waals surface area contributed by atoms with Gasteiger partial charge in [-0.1, -0.05) is 42.8 Å². The van der Waals surface area contributed by atoms with Gasteiger partial charge in [-0.3, -0.25) is 4.79 Å². The number of carbonyl (C=O) groups excluding carboxylic acids is 1. The molecule has 0 aliphatic heterocycles. The van der Waals surface area contributed by atoms with Crippen LogP contribution in [0, 0.1) is 13.8 Å². The van der Waals surface area contributed by atoms with Gasteiger partial charge >= 0.3 is 0 Å². The van der Waals surface area contributed by atoms with E-state index in [1.54, 1.807) is 6.07 Å². The Balaban J connectivity index is 1.51. The molecule has 0 atom stereocenters. The maximum atomic E-state index is 12.2. The van der Waals surface area contributed by atoms with Crippen LogP contribution >= 0.6 is 11.6 Å². The molecule has 3 aromatic rings. The van der Waals surface area contributed by atoms with Crippen molar-refractivity contribution >= 4 is 28.9 Å². The Morgan fingerprint density at radius 2 is 1.60 bits per heavy atom.